The van der Waals surface area contributed by atoms with Gasteiger partial charge in [-0.3, -0.25) is 4.79 Å². The molecule has 2 aliphatic rings. The minimum atomic E-state index is -0.438. The SMILES string of the molecule is CN1C=CCC(C(=O)OCC(=O)N[C@@H]2C[C@H]2c2ccccc2)=C1. The molecule has 0 spiro atoms. The van der Waals surface area contributed by atoms with Crippen molar-refractivity contribution in [3.63, 3.8) is 0 Å². The van der Waals surface area contributed by atoms with Gasteiger partial charge in [0.25, 0.3) is 5.91 Å². The van der Waals surface area contributed by atoms with Crippen LogP contribution in [-0.2, 0) is 14.3 Å². The lowest BCUT2D eigenvalue weighted by Crippen LogP contribution is -2.31. The molecule has 23 heavy (non-hydrogen) atoms. The second-order valence-corrected chi connectivity index (χ2v) is 5.91. The molecule has 1 aromatic rings. The zero-order valence-electron chi connectivity index (χ0n) is 13.1. The maximum atomic E-state index is 11.9. The highest BCUT2D eigenvalue weighted by Gasteiger charge is 2.39. The van der Waals surface area contributed by atoms with Gasteiger partial charge >= 0.3 is 5.97 Å². The Labute approximate surface area is 135 Å². The smallest absolute Gasteiger partial charge is 0.336 e. The summed E-state index contributed by atoms with van der Waals surface area (Å²) in [4.78, 5) is 25.6. The van der Waals surface area contributed by atoms with Gasteiger partial charge in [-0.25, -0.2) is 4.79 Å². The molecule has 1 aliphatic carbocycles. The topological polar surface area (TPSA) is 58.6 Å². The Morgan fingerprint density at radius 3 is 2.83 bits per heavy atom. The Kier molecular flexibility index (Phi) is 4.46. The Hall–Kier alpha value is -2.56. The molecule has 0 aromatic heterocycles. The zero-order chi connectivity index (χ0) is 16.2. The Bertz CT molecular complexity index is 651. The van der Waals surface area contributed by atoms with Gasteiger partial charge in [0.15, 0.2) is 6.61 Å². The van der Waals surface area contributed by atoms with E-state index in [0.717, 1.165) is 6.42 Å². The van der Waals surface area contributed by atoms with Crippen LogP contribution in [0.2, 0.25) is 0 Å². The molecule has 1 aliphatic heterocycles. The van der Waals surface area contributed by atoms with Crippen LogP contribution >= 0.6 is 0 Å². The summed E-state index contributed by atoms with van der Waals surface area (Å²) in [7, 11) is 1.84. The van der Waals surface area contributed by atoms with Crippen LogP contribution in [0.5, 0.6) is 0 Å². The average molecular weight is 312 g/mol. The molecule has 0 unspecified atom stereocenters. The van der Waals surface area contributed by atoms with Crippen LogP contribution in [0.3, 0.4) is 0 Å². The Morgan fingerprint density at radius 2 is 2.09 bits per heavy atom. The molecule has 1 fully saturated rings. The molecule has 3 rings (SSSR count). The number of hydrogen-bond acceptors (Lipinski definition) is 4. The molecule has 120 valence electrons. The number of carbonyl (C=O) groups excluding carboxylic acids is 2. The molecule has 1 N–H and O–H groups in total. The number of hydrogen-bond donors (Lipinski definition) is 1. The van der Waals surface area contributed by atoms with Crippen LogP contribution in [0.25, 0.3) is 0 Å². The normalized spacial score (nSPS) is 22.3. The van der Waals surface area contributed by atoms with Crippen LogP contribution < -0.4 is 5.32 Å². The quantitative estimate of drug-likeness (QED) is 0.844. The summed E-state index contributed by atoms with van der Waals surface area (Å²) in [6.07, 6.45) is 6.94. The molecule has 2 atom stereocenters. The molecule has 0 radical (unpaired) electrons. The maximum Gasteiger partial charge on any atom is 0.336 e. The van der Waals surface area contributed by atoms with Crippen molar-refractivity contribution in [2.45, 2.75) is 24.8 Å². The molecular formula is C18H20N2O3. The molecule has 1 heterocycles. The first-order chi connectivity index (χ1) is 11.1. The van der Waals surface area contributed by atoms with Gasteiger partial charge in [0.05, 0.1) is 5.57 Å². The van der Waals surface area contributed by atoms with Crippen molar-refractivity contribution in [2.75, 3.05) is 13.7 Å². The summed E-state index contributed by atoms with van der Waals surface area (Å²) in [6.45, 7) is -0.235. The highest BCUT2D eigenvalue weighted by molar-refractivity contribution is 5.91. The van der Waals surface area contributed by atoms with Crippen molar-refractivity contribution in [1.82, 2.24) is 10.2 Å². The van der Waals surface area contributed by atoms with Crippen LogP contribution in [0, 0.1) is 0 Å². The largest absolute Gasteiger partial charge is 0.452 e. The number of benzene rings is 1. The number of esters is 1. The highest BCUT2D eigenvalue weighted by Crippen LogP contribution is 2.40. The third kappa shape index (κ3) is 4.00. The fourth-order valence-corrected chi connectivity index (χ4v) is 2.72. The van der Waals surface area contributed by atoms with Gasteiger partial charge in [0.1, 0.15) is 0 Å². The van der Waals surface area contributed by atoms with Crippen LogP contribution in [0.15, 0.2) is 54.4 Å². The lowest BCUT2D eigenvalue weighted by Gasteiger charge is -2.15. The molecule has 1 amide bonds. The van der Waals surface area contributed by atoms with Gasteiger partial charge in [-0.05, 0) is 18.2 Å². The lowest BCUT2D eigenvalue weighted by atomic mass is 10.1. The standard InChI is InChI=1S/C18H20N2O3/c1-20-9-5-8-14(11-20)18(22)23-12-17(21)19-16-10-15(16)13-6-3-2-4-7-13/h2-7,9,11,15-16H,8,10,12H2,1H3,(H,19,21)/t15-,16+/m0/s1. The third-order valence-electron chi connectivity index (χ3n) is 4.00. The van der Waals surface area contributed by atoms with E-state index in [1.165, 1.54) is 5.56 Å². The Morgan fingerprint density at radius 1 is 1.30 bits per heavy atom. The number of ether oxygens (including phenoxy) is 1. The lowest BCUT2D eigenvalue weighted by molar-refractivity contribution is -0.145. The van der Waals surface area contributed by atoms with Gasteiger partial charge in [0.2, 0.25) is 0 Å². The second-order valence-electron chi connectivity index (χ2n) is 5.91. The van der Waals surface area contributed by atoms with Crippen molar-refractivity contribution in [3.8, 4) is 0 Å². The molecular weight excluding hydrogens is 292 g/mol. The Balaban J connectivity index is 1.42. The predicted octanol–water partition coefficient (Wildman–Crippen LogP) is 1.93. The summed E-state index contributed by atoms with van der Waals surface area (Å²) in [5.41, 5.74) is 1.79. The zero-order valence-corrected chi connectivity index (χ0v) is 13.1. The van der Waals surface area contributed by atoms with Gasteiger partial charge in [-0.2, -0.15) is 0 Å². The van der Waals surface area contributed by atoms with E-state index in [-0.39, 0.29) is 18.6 Å². The summed E-state index contributed by atoms with van der Waals surface area (Å²) in [6, 6.07) is 10.2. The van der Waals surface area contributed by atoms with E-state index < -0.39 is 5.97 Å². The van der Waals surface area contributed by atoms with E-state index in [1.807, 2.05) is 37.5 Å². The third-order valence-corrected chi connectivity index (χ3v) is 4.00. The molecule has 1 saturated carbocycles. The molecule has 0 bridgehead atoms. The summed E-state index contributed by atoms with van der Waals surface area (Å²) >= 11 is 0. The van der Waals surface area contributed by atoms with E-state index in [2.05, 4.69) is 17.4 Å². The van der Waals surface area contributed by atoms with Crippen molar-refractivity contribution >= 4 is 11.9 Å². The number of amides is 1. The molecule has 5 nitrogen and oxygen atoms in total. The summed E-state index contributed by atoms with van der Waals surface area (Å²) in [5, 5.41) is 2.91. The van der Waals surface area contributed by atoms with E-state index >= 15 is 0 Å². The molecule has 1 aromatic carbocycles. The number of nitrogens with one attached hydrogen (secondary N) is 1. The van der Waals surface area contributed by atoms with Gasteiger partial charge < -0.3 is 15.0 Å². The van der Waals surface area contributed by atoms with Crippen LogP contribution in [0.1, 0.15) is 24.3 Å². The van der Waals surface area contributed by atoms with E-state index in [0.29, 0.717) is 17.9 Å². The minimum absolute atomic E-state index is 0.145. The van der Waals surface area contributed by atoms with Crippen molar-refractivity contribution in [2.24, 2.45) is 0 Å². The average Bonchev–Trinajstić information content (AvgIpc) is 3.32. The fourth-order valence-electron chi connectivity index (χ4n) is 2.72. The van der Waals surface area contributed by atoms with Crippen LogP contribution in [-0.4, -0.2) is 36.5 Å². The number of nitrogens with zero attached hydrogens (tertiary/aromatic N) is 1. The van der Waals surface area contributed by atoms with E-state index in [1.54, 1.807) is 11.1 Å². The molecule has 5 heteroatoms. The van der Waals surface area contributed by atoms with Crippen LogP contribution in [0.4, 0.5) is 0 Å². The maximum absolute atomic E-state index is 11.9. The number of carbonyl (C=O) groups is 2. The van der Waals surface area contributed by atoms with Gasteiger partial charge in [-0.15, -0.1) is 0 Å². The minimum Gasteiger partial charge on any atom is -0.452 e. The van der Waals surface area contributed by atoms with Gasteiger partial charge in [0, 0.05) is 31.6 Å². The second kappa shape index (κ2) is 6.69. The highest BCUT2D eigenvalue weighted by atomic mass is 16.5. The predicted molar refractivity (Wildman–Crippen MR) is 86.3 cm³/mol. The first-order valence-corrected chi connectivity index (χ1v) is 7.74. The van der Waals surface area contributed by atoms with E-state index in [4.69, 9.17) is 4.74 Å². The first kappa shape index (κ1) is 15.3. The van der Waals surface area contributed by atoms with Crippen molar-refractivity contribution < 1.29 is 14.3 Å². The van der Waals surface area contributed by atoms with Crippen molar-refractivity contribution in [1.29, 1.82) is 0 Å². The number of allylic oxidation sites excluding steroid dienone is 1. The monoisotopic (exact) mass is 312 g/mol. The summed E-state index contributed by atoms with van der Waals surface area (Å²) in [5.74, 6) is -0.315. The molecule has 0 saturated heterocycles. The fraction of sp³-hybridized carbons (Fsp3) is 0.333. The van der Waals surface area contributed by atoms with Gasteiger partial charge in [-0.1, -0.05) is 36.4 Å². The summed E-state index contributed by atoms with van der Waals surface area (Å²) < 4.78 is 5.08. The van der Waals surface area contributed by atoms with E-state index in [9.17, 15) is 9.59 Å². The first-order valence-electron chi connectivity index (χ1n) is 7.74. The van der Waals surface area contributed by atoms with Crippen molar-refractivity contribution in [3.05, 3.63) is 59.9 Å². The number of rotatable bonds is 5.